The Hall–Kier alpha value is -4.03. The Morgan fingerprint density at radius 2 is 2.07 bits per heavy atom. The predicted octanol–water partition coefficient (Wildman–Crippen LogP) is 2.67. The second-order valence-electron chi connectivity index (χ2n) is 10.9. The molecule has 1 fully saturated rings. The summed E-state index contributed by atoms with van der Waals surface area (Å²) in [5.74, 6) is 0.689. The minimum atomic E-state index is -0.797. The molecule has 5 rings (SSSR count). The van der Waals surface area contributed by atoms with Crippen LogP contribution in [0.1, 0.15) is 52.7 Å². The first-order valence-electron chi connectivity index (χ1n) is 14.3. The van der Waals surface area contributed by atoms with E-state index in [0.717, 1.165) is 17.5 Å². The standard InChI is InChI=1S/C30H37FN6O5/c1-3-4-29(39)37-14-23(15-37)35-28-11-21(5-7-32-28)30(40)33-12-24(38)16-36-8-6-20-10-26(25(31)9-22(20)13-36)41-17-27-19(2)34-18-42-27/h5,7,9-11,18,23-24,38H,3-4,6,8,12-17H2,1-2H3,(H,32,35)(H,33,40). The summed E-state index contributed by atoms with van der Waals surface area (Å²) >= 11 is 0. The molecule has 1 aromatic carbocycles. The molecule has 2 aromatic heterocycles. The number of rotatable bonds is 12. The molecule has 2 aliphatic rings. The first-order chi connectivity index (χ1) is 20.3. The summed E-state index contributed by atoms with van der Waals surface area (Å²) in [6.45, 7) is 6.71. The summed E-state index contributed by atoms with van der Waals surface area (Å²) < 4.78 is 25.7. The number of aromatic nitrogens is 2. The Balaban J connectivity index is 1.06. The zero-order chi connectivity index (χ0) is 29.6. The highest BCUT2D eigenvalue weighted by molar-refractivity contribution is 5.94. The van der Waals surface area contributed by atoms with E-state index in [1.165, 1.54) is 12.5 Å². The Morgan fingerprint density at radius 1 is 1.24 bits per heavy atom. The molecule has 0 radical (unpaired) electrons. The minimum absolute atomic E-state index is 0.0760. The second-order valence-corrected chi connectivity index (χ2v) is 10.9. The van der Waals surface area contributed by atoms with Crippen LogP contribution in [0.2, 0.25) is 0 Å². The molecule has 1 atom stereocenters. The van der Waals surface area contributed by atoms with Crippen LogP contribution in [0.4, 0.5) is 10.2 Å². The molecule has 12 heteroatoms. The summed E-state index contributed by atoms with van der Waals surface area (Å²) in [6.07, 6.45) is 4.16. The number of hydrogen-bond donors (Lipinski definition) is 3. The number of anilines is 1. The lowest BCUT2D eigenvalue weighted by atomic mass is 9.99. The van der Waals surface area contributed by atoms with Crippen molar-refractivity contribution in [1.29, 1.82) is 0 Å². The molecule has 1 unspecified atom stereocenters. The fourth-order valence-corrected chi connectivity index (χ4v) is 5.17. The summed E-state index contributed by atoms with van der Waals surface area (Å²) in [5.41, 5.74) is 2.99. The lowest BCUT2D eigenvalue weighted by Crippen LogP contribution is -2.57. The number of hydrogen-bond acceptors (Lipinski definition) is 9. The number of aryl methyl sites for hydroxylation is 1. The Morgan fingerprint density at radius 3 is 2.83 bits per heavy atom. The van der Waals surface area contributed by atoms with Gasteiger partial charge in [0.15, 0.2) is 23.7 Å². The van der Waals surface area contributed by atoms with Gasteiger partial charge < -0.3 is 29.8 Å². The van der Waals surface area contributed by atoms with Crippen molar-refractivity contribution in [2.45, 2.75) is 58.4 Å². The molecule has 0 saturated carbocycles. The monoisotopic (exact) mass is 580 g/mol. The maximum Gasteiger partial charge on any atom is 0.251 e. The molecular formula is C30H37FN6O5. The Labute approximate surface area is 244 Å². The third-order valence-electron chi connectivity index (χ3n) is 7.59. The fraction of sp³-hybridized carbons (Fsp3) is 0.467. The molecule has 0 spiro atoms. The molecule has 42 heavy (non-hydrogen) atoms. The van der Waals surface area contributed by atoms with Crippen LogP contribution in [0.3, 0.4) is 0 Å². The highest BCUT2D eigenvalue weighted by Crippen LogP contribution is 2.28. The van der Waals surface area contributed by atoms with Crippen molar-refractivity contribution in [3.63, 3.8) is 0 Å². The van der Waals surface area contributed by atoms with Gasteiger partial charge in [-0.2, -0.15) is 0 Å². The van der Waals surface area contributed by atoms with Crippen molar-refractivity contribution in [1.82, 2.24) is 25.1 Å². The largest absolute Gasteiger partial charge is 0.482 e. The highest BCUT2D eigenvalue weighted by Gasteiger charge is 2.30. The SMILES string of the molecule is CCCC(=O)N1CC(Nc2cc(C(=O)NCC(O)CN3CCc4cc(OCc5ocnc5C)c(F)cc4C3)ccn2)C1. The number of nitrogens with one attached hydrogen (secondary N) is 2. The van der Waals surface area contributed by atoms with E-state index in [4.69, 9.17) is 9.15 Å². The number of fused-ring (bicyclic) bond motifs is 1. The average molecular weight is 581 g/mol. The zero-order valence-electron chi connectivity index (χ0n) is 23.9. The summed E-state index contributed by atoms with van der Waals surface area (Å²) in [7, 11) is 0. The zero-order valence-corrected chi connectivity index (χ0v) is 23.9. The highest BCUT2D eigenvalue weighted by atomic mass is 19.1. The number of carbonyl (C=O) groups excluding carboxylic acids is 2. The van der Waals surface area contributed by atoms with Crippen LogP contribution in [0.25, 0.3) is 0 Å². The number of halogens is 1. The molecule has 1 saturated heterocycles. The van der Waals surface area contributed by atoms with Gasteiger partial charge in [-0.1, -0.05) is 6.92 Å². The normalized spacial score (nSPS) is 16.0. The van der Waals surface area contributed by atoms with Crippen LogP contribution in [0, 0.1) is 12.7 Å². The van der Waals surface area contributed by atoms with E-state index in [1.54, 1.807) is 31.3 Å². The topological polar surface area (TPSA) is 133 Å². The number of pyridine rings is 1. The van der Waals surface area contributed by atoms with Gasteiger partial charge >= 0.3 is 0 Å². The lowest BCUT2D eigenvalue weighted by molar-refractivity contribution is -0.135. The number of ether oxygens (including phenoxy) is 1. The number of β-amino-alcohol motifs (C(OH)–C–C–N with tert-alkyl or cyclic N) is 1. The molecule has 3 aromatic rings. The average Bonchev–Trinajstić information content (AvgIpc) is 3.37. The Kier molecular flexibility index (Phi) is 9.33. The molecule has 3 N–H and O–H groups in total. The number of carbonyl (C=O) groups is 2. The first kappa shape index (κ1) is 29.5. The van der Waals surface area contributed by atoms with Gasteiger partial charge in [0, 0.05) is 57.4 Å². The van der Waals surface area contributed by atoms with Crippen molar-refractivity contribution < 1.29 is 28.2 Å². The van der Waals surface area contributed by atoms with E-state index in [9.17, 15) is 19.1 Å². The van der Waals surface area contributed by atoms with Crippen molar-refractivity contribution >= 4 is 17.6 Å². The van der Waals surface area contributed by atoms with Crippen LogP contribution in [-0.4, -0.2) is 81.6 Å². The van der Waals surface area contributed by atoms with E-state index in [1.807, 2.05) is 16.7 Å². The number of amides is 2. The lowest BCUT2D eigenvalue weighted by Gasteiger charge is -2.39. The van der Waals surface area contributed by atoms with Crippen LogP contribution >= 0.6 is 0 Å². The number of aliphatic hydroxyl groups is 1. The molecule has 224 valence electrons. The molecule has 0 bridgehead atoms. The van der Waals surface area contributed by atoms with Gasteiger partial charge in [0.25, 0.3) is 5.91 Å². The predicted molar refractivity (Wildman–Crippen MR) is 152 cm³/mol. The molecule has 2 aliphatic heterocycles. The van der Waals surface area contributed by atoms with Crippen molar-refractivity contribution in [3.8, 4) is 5.75 Å². The smallest absolute Gasteiger partial charge is 0.251 e. The quantitative estimate of drug-likeness (QED) is 0.296. The maximum atomic E-state index is 14.8. The number of benzene rings is 1. The van der Waals surface area contributed by atoms with Crippen LogP contribution in [0.5, 0.6) is 5.75 Å². The summed E-state index contributed by atoms with van der Waals surface area (Å²) in [5, 5.41) is 16.7. The van der Waals surface area contributed by atoms with E-state index < -0.39 is 11.9 Å². The van der Waals surface area contributed by atoms with E-state index in [0.29, 0.717) is 68.4 Å². The van der Waals surface area contributed by atoms with Gasteiger partial charge in [0.05, 0.1) is 17.8 Å². The van der Waals surface area contributed by atoms with E-state index in [-0.39, 0.29) is 36.8 Å². The van der Waals surface area contributed by atoms with Crippen molar-refractivity contribution in [2.75, 3.05) is 38.0 Å². The molecular weight excluding hydrogens is 543 g/mol. The third-order valence-corrected chi connectivity index (χ3v) is 7.59. The molecule has 4 heterocycles. The first-order valence-corrected chi connectivity index (χ1v) is 14.3. The van der Waals surface area contributed by atoms with Gasteiger partial charge in [0.2, 0.25) is 5.91 Å². The fourth-order valence-electron chi connectivity index (χ4n) is 5.17. The van der Waals surface area contributed by atoms with Gasteiger partial charge in [-0.25, -0.2) is 14.4 Å². The molecule has 11 nitrogen and oxygen atoms in total. The maximum absolute atomic E-state index is 14.8. The van der Waals surface area contributed by atoms with Crippen molar-refractivity contribution in [3.05, 3.63) is 70.8 Å². The van der Waals surface area contributed by atoms with Gasteiger partial charge in [-0.3, -0.25) is 14.5 Å². The number of oxazole rings is 1. The van der Waals surface area contributed by atoms with Crippen LogP contribution in [-0.2, 0) is 24.4 Å². The number of likely N-dealkylation sites (tertiary alicyclic amines) is 1. The van der Waals surface area contributed by atoms with Crippen LogP contribution in [0.15, 0.2) is 41.3 Å². The summed E-state index contributed by atoms with van der Waals surface area (Å²) in [4.78, 5) is 36.8. The van der Waals surface area contributed by atoms with E-state index in [2.05, 4.69) is 20.6 Å². The minimum Gasteiger partial charge on any atom is -0.482 e. The van der Waals surface area contributed by atoms with Gasteiger partial charge in [-0.05, 0) is 55.2 Å². The van der Waals surface area contributed by atoms with Crippen LogP contribution < -0.4 is 15.4 Å². The molecule has 0 aliphatic carbocycles. The number of aliphatic hydroxyl groups excluding tert-OH is 1. The molecule has 2 amide bonds. The third kappa shape index (κ3) is 7.24. The second kappa shape index (κ2) is 13.3. The number of nitrogens with zero attached hydrogens (tertiary/aromatic N) is 4. The summed E-state index contributed by atoms with van der Waals surface area (Å²) in [6, 6.07) is 6.60. The van der Waals surface area contributed by atoms with E-state index >= 15 is 0 Å². The Bertz CT molecular complexity index is 1410. The van der Waals surface area contributed by atoms with Gasteiger partial charge in [0.1, 0.15) is 12.4 Å². The van der Waals surface area contributed by atoms with Crippen molar-refractivity contribution in [2.24, 2.45) is 0 Å². The van der Waals surface area contributed by atoms with Gasteiger partial charge in [-0.15, -0.1) is 0 Å².